The third kappa shape index (κ3) is 3.45. The summed E-state index contributed by atoms with van der Waals surface area (Å²) in [5, 5.41) is 9.89. The van der Waals surface area contributed by atoms with Crippen molar-refractivity contribution in [3.05, 3.63) is 33.8 Å². The molecule has 0 aliphatic rings. The van der Waals surface area contributed by atoms with Crippen LogP contribution < -0.4 is 0 Å². The Balaban J connectivity index is 3.13. The van der Waals surface area contributed by atoms with Gasteiger partial charge in [-0.05, 0) is 23.6 Å². The summed E-state index contributed by atoms with van der Waals surface area (Å²) < 4.78 is 38.0. The van der Waals surface area contributed by atoms with E-state index in [4.69, 9.17) is 0 Å². The molecule has 0 aromatic heterocycles. The van der Waals surface area contributed by atoms with E-state index in [1.807, 2.05) is 6.92 Å². The van der Waals surface area contributed by atoms with E-state index >= 15 is 0 Å². The average molecular weight is 311 g/mol. The lowest BCUT2D eigenvalue weighted by Crippen LogP contribution is -2.11. The molecule has 0 fully saturated rings. The molecule has 0 aliphatic heterocycles. The van der Waals surface area contributed by atoms with Crippen molar-refractivity contribution in [2.75, 3.05) is 0 Å². The molecule has 0 heterocycles. The first-order valence-electron chi connectivity index (χ1n) is 5.32. The maximum Gasteiger partial charge on any atom is 0.417 e. The molecule has 1 nitrogen and oxygen atoms in total. The molecule has 0 radical (unpaired) electrons. The fourth-order valence-corrected chi connectivity index (χ4v) is 1.97. The van der Waals surface area contributed by atoms with Gasteiger partial charge < -0.3 is 5.11 Å². The van der Waals surface area contributed by atoms with Gasteiger partial charge in [-0.1, -0.05) is 42.3 Å². The zero-order valence-electron chi connectivity index (χ0n) is 9.55. The van der Waals surface area contributed by atoms with Gasteiger partial charge in [-0.2, -0.15) is 13.2 Å². The predicted octanol–water partition coefficient (Wildman–Crippen LogP) is 4.55. The second-order valence-corrected chi connectivity index (χ2v) is 4.92. The number of hydrogen-bond acceptors (Lipinski definition) is 1. The topological polar surface area (TPSA) is 20.2 Å². The Kier molecular flexibility index (Phi) is 4.61. The lowest BCUT2D eigenvalue weighted by Gasteiger charge is -2.19. The minimum Gasteiger partial charge on any atom is -0.388 e. The van der Waals surface area contributed by atoms with Crippen molar-refractivity contribution in [2.45, 2.75) is 32.5 Å². The Morgan fingerprint density at radius 3 is 2.41 bits per heavy atom. The van der Waals surface area contributed by atoms with E-state index in [0.717, 1.165) is 6.07 Å². The van der Waals surface area contributed by atoms with Crippen LogP contribution in [0.25, 0.3) is 0 Å². The molecule has 2 unspecified atom stereocenters. The van der Waals surface area contributed by atoms with Crippen LogP contribution in [-0.2, 0) is 6.18 Å². The Labute approximate surface area is 107 Å². The van der Waals surface area contributed by atoms with Gasteiger partial charge in [-0.3, -0.25) is 0 Å². The predicted molar refractivity (Wildman–Crippen MR) is 63.6 cm³/mol. The Hall–Kier alpha value is -0.550. The molecule has 2 atom stereocenters. The summed E-state index contributed by atoms with van der Waals surface area (Å²) in [7, 11) is 0. The number of hydrogen-bond donors (Lipinski definition) is 1. The van der Waals surface area contributed by atoms with E-state index in [9.17, 15) is 18.3 Å². The first-order chi connectivity index (χ1) is 7.77. The monoisotopic (exact) mass is 310 g/mol. The summed E-state index contributed by atoms with van der Waals surface area (Å²) in [6, 6.07) is 3.83. The molecule has 1 rings (SSSR count). The lowest BCUT2D eigenvalue weighted by atomic mass is 9.94. The second-order valence-electron chi connectivity index (χ2n) is 4.07. The molecule has 1 aromatic rings. The number of aliphatic hydroxyl groups excluding tert-OH is 1. The van der Waals surface area contributed by atoms with Gasteiger partial charge in [0.05, 0.1) is 11.7 Å². The minimum absolute atomic E-state index is 0.00917. The molecule has 17 heavy (non-hydrogen) atoms. The third-order valence-corrected chi connectivity index (χ3v) is 3.51. The summed E-state index contributed by atoms with van der Waals surface area (Å²) in [5.41, 5.74) is -0.452. The van der Waals surface area contributed by atoms with Crippen LogP contribution in [-0.4, -0.2) is 5.11 Å². The highest BCUT2D eigenvalue weighted by atomic mass is 79.9. The van der Waals surface area contributed by atoms with Crippen molar-refractivity contribution in [2.24, 2.45) is 5.92 Å². The van der Waals surface area contributed by atoms with E-state index < -0.39 is 17.8 Å². The highest BCUT2D eigenvalue weighted by molar-refractivity contribution is 9.10. The van der Waals surface area contributed by atoms with Crippen LogP contribution in [0.1, 0.15) is 37.5 Å². The molecule has 5 heteroatoms. The van der Waals surface area contributed by atoms with Gasteiger partial charge in [0.1, 0.15) is 0 Å². The molecule has 0 saturated heterocycles. The van der Waals surface area contributed by atoms with Crippen LogP contribution in [0.2, 0.25) is 0 Å². The normalized spacial score (nSPS) is 15.7. The van der Waals surface area contributed by atoms with Crippen LogP contribution in [0.3, 0.4) is 0 Å². The molecule has 96 valence electrons. The Morgan fingerprint density at radius 2 is 1.94 bits per heavy atom. The van der Waals surface area contributed by atoms with Crippen molar-refractivity contribution < 1.29 is 18.3 Å². The minimum atomic E-state index is -4.41. The molecule has 0 saturated carbocycles. The molecule has 0 aliphatic carbocycles. The average Bonchev–Trinajstić information content (AvgIpc) is 2.26. The quantitative estimate of drug-likeness (QED) is 0.868. The molecule has 1 N–H and O–H groups in total. The lowest BCUT2D eigenvalue weighted by molar-refractivity contribution is -0.138. The van der Waals surface area contributed by atoms with Gasteiger partial charge in [-0.15, -0.1) is 0 Å². The summed E-state index contributed by atoms with van der Waals surface area (Å²) in [4.78, 5) is 0. The molecular formula is C12H14BrF3O. The summed E-state index contributed by atoms with van der Waals surface area (Å²) in [5.74, 6) is -0.0720. The summed E-state index contributed by atoms with van der Waals surface area (Å²) in [6.07, 6.45) is -4.57. The first kappa shape index (κ1) is 14.5. The SMILES string of the molecule is CCC(C)C(O)c1ccc(Br)c(C(F)(F)F)c1. The summed E-state index contributed by atoms with van der Waals surface area (Å²) >= 11 is 2.87. The van der Waals surface area contributed by atoms with E-state index in [0.29, 0.717) is 12.0 Å². The number of alkyl halides is 3. The first-order valence-corrected chi connectivity index (χ1v) is 6.11. The fraction of sp³-hybridized carbons (Fsp3) is 0.500. The van der Waals surface area contributed by atoms with Crippen molar-refractivity contribution in [3.8, 4) is 0 Å². The Morgan fingerprint density at radius 1 is 1.35 bits per heavy atom. The van der Waals surface area contributed by atoms with Crippen LogP contribution in [0.4, 0.5) is 13.2 Å². The van der Waals surface area contributed by atoms with Crippen molar-refractivity contribution in [1.29, 1.82) is 0 Å². The molecular weight excluding hydrogens is 297 g/mol. The van der Waals surface area contributed by atoms with Gasteiger partial charge in [-0.25, -0.2) is 0 Å². The van der Waals surface area contributed by atoms with E-state index in [-0.39, 0.29) is 10.4 Å². The molecule has 0 spiro atoms. The third-order valence-electron chi connectivity index (χ3n) is 2.82. The highest BCUT2D eigenvalue weighted by Crippen LogP contribution is 2.37. The smallest absolute Gasteiger partial charge is 0.388 e. The largest absolute Gasteiger partial charge is 0.417 e. The molecule has 1 aromatic carbocycles. The number of halogens is 4. The second kappa shape index (κ2) is 5.40. The van der Waals surface area contributed by atoms with Crippen molar-refractivity contribution >= 4 is 15.9 Å². The Bertz CT molecular complexity index is 390. The number of benzene rings is 1. The standard InChI is InChI=1S/C12H14BrF3O/c1-3-7(2)11(17)8-4-5-10(13)9(6-8)12(14,15)16/h4-7,11,17H,3H2,1-2H3. The maximum atomic E-state index is 12.7. The van der Waals surface area contributed by atoms with Crippen molar-refractivity contribution in [1.82, 2.24) is 0 Å². The van der Waals surface area contributed by atoms with Gasteiger partial charge in [0.2, 0.25) is 0 Å². The number of rotatable bonds is 3. The zero-order chi connectivity index (χ0) is 13.2. The fourth-order valence-electron chi connectivity index (χ4n) is 1.50. The van der Waals surface area contributed by atoms with E-state index in [1.165, 1.54) is 12.1 Å². The molecule has 0 bridgehead atoms. The van der Waals surface area contributed by atoms with Crippen LogP contribution in [0.15, 0.2) is 22.7 Å². The highest BCUT2D eigenvalue weighted by Gasteiger charge is 2.33. The van der Waals surface area contributed by atoms with Gasteiger partial charge >= 0.3 is 6.18 Å². The van der Waals surface area contributed by atoms with Gasteiger partial charge in [0, 0.05) is 4.47 Å². The zero-order valence-corrected chi connectivity index (χ0v) is 11.1. The van der Waals surface area contributed by atoms with E-state index in [2.05, 4.69) is 15.9 Å². The van der Waals surface area contributed by atoms with E-state index in [1.54, 1.807) is 6.92 Å². The van der Waals surface area contributed by atoms with Crippen LogP contribution >= 0.6 is 15.9 Å². The maximum absolute atomic E-state index is 12.7. The van der Waals surface area contributed by atoms with Crippen molar-refractivity contribution in [3.63, 3.8) is 0 Å². The van der Waals surface area contributed by atoms with Crippen LogP contribution in [0, 0.1) is 5.92 Å². The van der Waals surface area contributed by atoms with Gasteiger partial charge in [0.25, 0.3) is 0 Å². The summed E-state index contributed by atoms with van der Waals surface area (Å²) in [6.45, 7) is 3.69. The number of aliphatic hydroxyl groups is 1. The molecule has 0 amide bonds. The van der Waals surface area contributed by atoms with Crippen LogP contribution in [0.5, 0.6) is 0 Å². The van der Waals surface area contributed by atoms with Gasteiger partial charge in [0.15, 0.2) is 0 Å².